The van der Waals surface area contributed by atoms with E-state index in [0.717, 1.165) is 6.07 Å². The highest BCUT2D eigenvalue weighted by Crippen LogP contribution is 2.09. The number of rotatable bonds is 5. The van der Waals surface area contributed by atoms with E-state index in [0.29, 0.717) is 0 Å². The molecule has 5 nitrogen and oxygen atoms in total. The minimum absolute atomic E-state index is 0.0571. The Morgan fingerprint density at radius 2 is 2.07 bits per heavy atom. The number of halogens is 1. The van der Waals surface area contributed by atoms with Crippen LogP contribution in [0.3, 0.4) is 0 Å². The Balaban J connectivity index is 2.54. The number of hydrogen-bond acceptors (Lipinski definition) is 4. The van der Waals surface area contributed by atoms with Crippen molar-refractivity contribution in [1.29, 1.82) is 0 Å². The molecule has 0 aromatic carbocycles. The van der Waals surface area contributed by atoms with E-state index in [1.54, 1.807) is 0 Å². The van der Waals surface area contributed by atoms with E-state index in [1.165, 1.54) is 6.07 Å². The van der Waals surface area contributed by atoms with Gasteiger partial charge in [0.2, 0.25) is 11.5 Å². The molecule has 0 unspecified atom stereocenters. The van der Waals surface area contributed by atoms with Crippen LogP contribution in [0, 0.1) is 0 Å². The maximum Gasteiger partial charge on any atom is 0.374 e. The monoisotopic (exact) mass is 216 g/mol. The summed E-state index contributed by atoms with van der Waals surface area (Å²) in [5, 5.41) is 8.50. The van der Waals surface area contributed by atoms with Gasteiger partial charge in [0.05, 0.1) is 13.3 Å². The van der Waals surface area contributed by atoms with Gasteiger partial charge in [-0.1, -0.05) is 0 Å². The Hall–Kier alpha value is -1.85. The molecular weight excluding hydrogens is 207 g/mol. The molecule has 1 aromatic rings. The number of aromatic carboxylic acids is 1. The van der Waals surface area contributed by atoms with Crippen molar-refractivity contribution in [1.82, 2.24) is 0 Å². The lowest BCUT2D eigenvalue weighted by Crippen LogP contribution is -2.05. The maximum atomic E-state index is 11.7. The van der Waals surface area contributed by atoms with Crippen LogP contribution in [0.25, 0.3) is 0 Å². The molecular formula is C9H9FO5. The number of furan rings is 1. The summed E-state index contributed by atoms with van der Waals surface area (Å²) in [6, 6.07) is 2.34. The summed E-state index contributed by atoms with van der Waals surface area (Å²) in [6.07, 6.45) is 0.109. The van der Waals surface area contributed by atoms with Gasteiger partial charge >= 0.3 is 11.9 Å². The standard InChI is InChI=1S/C9H9FO5/c10-4-1-5-14-9(13)7-3-2-6(15-7)8(11)12/h2-3H,1,4-5H2,(H,11,12). The van der Waals surface area contributed by atoms with Crippen LogP contribution in [-0.4, -0.2) is 30.3 Å². The summed E-state index contributed by atoms with van der Waals surface area (Å²) in [6.45, 7) is -0.635. The van der Waals surface area contributed by atoms with Gasteiger partial charge in [-0.2, -0.15) is 0 Å². The molecule has 0 aliphatic carbocycles. The molecule has 82 valence electrons. The maximum absolute atomic E-state index is 11.7. The average Bonchev–Trinajstić information content (AvgIpc) is 2.66. The minimum Gasteiger partial charge on any atom is -0.475 e. The van der Waals surface area contributed by atoms with Gasteiger partial charge in [-0.05, 0) is 12.1 Å². The Labute approximate surface area is 84.4 Å². The fourth-order valence-corrected chi connectivity index (χ4v) is 0.853. The molecule has 0 radical (unpaired) electrons. The average molecular weight is 216 g/mol. The largest absolute Gasteiger partial charge is 0.475 e. The molecule has 0 aliphatic heterocycles. The zero-order chi connectivity index (χ0) is 11.3. The van der Waals surface area contributed by atoms with Crippen LogP contribution >= 0.6 is 0 Å². The van der Waals surface area contributed by atoms with Crippen molar-refractivity contribution >= 4 is 11.9 Å². The smallest absolute Gasteiger partial charge is 0.374 e. The molecule has 0 spiro atoms. The van der Waals surface area contributed by atoms with Crippen molar-refractivity contribution in [3.8, 4) is 0 Å². The molecule has 0 amide bonds. The van der Waals surface area contributed by atoms with Crippen molar-refractivity contribution in [3.63, 3.8) is 0 Å². The predicted molar refractivity (Wildman–Crippen MR) is 46.5 cm³/mol. The molecule has 6 heteroatoms. The summed E-state index contributed by atoms with van der Waals surface area (Å²) in [7, 11) is 0. The third kappa shape index (κ3) is 3.08. The van der Waals surface area contributed by atoms with Gasteiger partial charge in [-0.3, -0.25) is 4.39 Å². The van der Waals surface area contributed by atoms with Crippen molar-refractivity contribution in [2.75, 3.05) is 13.3 Å². The van der Waals surface area contributed by atoms with E-state index in [2.05, 4.69) is 9.15 Å². The van der Waals surface area contributed by atoms with E-state index in [-0.39, 0.29) is 24.5 Å². The van der Waals surface area contributed by atoms with Crippen LogP contribution in [-0.2, 0) is 4.74 Å². The summed E-state index contributed by atoms with van der Waals surface area (Å²) < 4.78 is 20.9. The van der Waals surface area contributed by atoms with E-state index in [4.69, 9.17) is 5.11 Å². The highest BCUT2D eigenvalue weighted by molar-refractivity contribution is 5.89. The van der Waals surface area contributed by atoms with E-state index in [1.807, 2.05) is 0 Å². The van der Waals surface area contributed by atoms with Crippen molar-refractivity contribution in [2.24, 2.45) is 0 Å². The van der Waals surface area contributed by atoms with Crippen molar-refractivity contribution < 1.29 is 28.2 Å². The lowest BCUT2D eigenvalue weighted by atomic mass is 10.4. The zero-order valence-corrected chi connectivity index (χ0v) is 7.73. The molecule has 1 heterocycles. The van der Waals surface area contributed by atoms with Gasteiger partial charge in [-0.25, -0.2) is 9.59 Å². The first-order valence-electron chi connectivity index (χ1n) is 4.21. The molecule has 0 atom stereocenters. The number of carboxylic acid groups (broad SMARTS) is 1. The van der Waals surface area contributed by atoms with E-state index < -0.39 is 18.6 Å². The van der Waals surface area contributed by atoms with Gasteiger partial charge in [0.1, 0.15) is 0 Å². The number of alkyl halides is 1. The van der Waals surface area contributed by atoms with Crippen LogP contribution in [0.1, 0.15) is 27.5 Å². The summed E-state index contributed by atoms with van der Waals surface area (Å²) in [4.78, 5) is 21.5. The molecule has 0 bridgehead atoms. The quantitative estimate of drug-likeness (QED) is 0.596. The number of hydrogen-bond donors (Lipinski definition) is 1. The first-order valence-corrected chi connectivity index (χ1v) is 4.21. The molecule has 1 rings (SSSR count). The number of carbonyl (C=O) groups is 2. The number of esters is 1. The van der Waals surface area contributed by atoms with Gasteiger partial charge in [-0.15, -0.1) is 0 Å². The molecule has 15 heavy (non-hydrogen) atoms. The second-order valence-electron chi connectivity index (χ2n) is 2.65. The van der Waals surface area contributed by atoms with Gasteiger partial charge < -0.3 is 14.3 Å². The lowest BCUT2D eigenvalue weighted by molar-refractivity contribution is 0.0453. The lowest BCUT2D eigenvalue weighted by Gasteiger charge is -1.99. The topological polar surface area (TPSA) is 76.7 Å². The Morgan fingerprint density at radius 3 is 2.60 bits per heavy atom. The first-order chi connectivity index (χ1) is 7.15. The molecule has 0 saturated carbocycles. The molecule has 1 aromatic heterocycles. The zero-order valence-electron chi connectivity index (χ0n) is 7.73. The highest BCUT2D eigenvalue weighted by Gasteiger charge is 2.15. The second kappa shape index (κ2) is 5.14. The number of carboxylic acids is 1. The summed E-state index contributed by atoms with van der Waals surface area (Å²) >= 11 is 0. The van der Waals surface area contributed by atoms with E-state index >= 15 is 0 Å². The third-order valence-electron chi connectivity index (χ3n) is 1.53. The minimum atomic E-state index is -1.27. The normalized spacial score (nSPS) is 9.93. The summed E-state index contributed by atoms with van der Waals surface area (Å²) in [5.74, 6) is -2.60. The molecule has 0 aliphatic rings. The van der Waals surface area contributed by atoms with Gasteiger partial charge in [0.25, 0.3) is 0 Å². The van der Waals surface area contributed by atoms with E-state index in [9.17, 15) is 14.0 Å². The fraction of sp³-hybridized carbons (Fsp3) is 0.333. The van der Waals surface area contributed by atoms with Crippen LogP contribution in [0.5, 0.6) is 0 Å². The fourth-order valence-electron chi connectivity index (χ4n) is 0.853. The molecule has 0 fully saturated rings. The predicted octanol–water partition coefficient (Wildman–Crippen LogP) is 1.49. The summed E-state index contributed by atoms with van der Waals surface area (Å²) in [5.41, 5.74) is 0. The van der Waals surface area contributed by atoms with Crippen molar-refractivity contribution in [2.45, 2.75) is 6.42 Å². The number of ether oxygens (including phenoxy) is 1. The van der Waals surface area contributed by atoms with Gasteiger partial charge in [0.15, 0.2) is 0 Å². The Kier molecular flexibility index (Phi) is 3.84. The number of carbonyl (C=O) groups excluding carboxylic acids is 1. The van der Waals surface area contributed by atoms with Crippen molar-refractivity contribution in [3.05, 3.63) is 23.7 Å². The van der Waals surface area contributed by atoms with Crippen LogP contribution in [0.2, 0.25) is 0 Å². The highest BCUT2D eigenvalue weighted by atomic mass is 19.1. The molecule has 1 N–H and O–H groups in total. The Bertz CT molecular complexity index is 357. The van der Waals surface area contributed by atoms with Crippen LogP contribution < -0.4 is 0 Å². The Morgan fingerprint density at radius 1 is 1.40 bits per heavy atom. The SMILES string of the molecule is O=C(O)c1ccc(C(=O)OCCCF)o1. The van der Waals surface area contributed by atoms with Gasteiger partial charge in [0, 0.05) is 6.42 Å². The van der Waals surface area contributed by atoms with Crippen LogP contribution in [0.4, 0.5) is 4.39 Å². The molecule has 0 saturated heterocycles. The third-order valence-corrected chi connectivity index (χ3v) is 1.53. The first kappa shape index (κ1) is 11.2. The van der Waals surface area contributed by atoms with Crippen LogP contribution in [0.15, 0.2) is 16.5 Å². The second-order valence-corrected chi connectivity index (χ2v) is 2.65.